The quantitative estimate of drug-likeness (QED) is 0.148. The van der Waals surface area contributed by atoms with Crippen molar-refractivity contribution in [3.8, 4) is 28.6 Å². The number of carboxylic acids is 1. The van der Waals surface area contributed by atoms with Crippen molar-refractivity contribution in [2.75, 3.05) is 7.11 Å². The van der Waals surface area contributed by atoms with E-state index in [0.717, 1.165) is 16.5 Å². The zero-order valence-electron chi connectivity index (χ0n) is 20.3. The third-order valence-electron chi connectivity index (χ3n) is 6.29. The van der Waals surface area contributed by atoms with Crippen molar-refractivity contribution in [3.05, 3.63) is 84.1 Å². The molecule has 2 heterocycles. The first-order valence-electron chi connectivity index (χ1n) is 11.7. The van der Waals surface area contributed by atoms with Crippen LogP contribution in [-0.4, -0.2) is 45.3 Å². The smallest absolute Gasteiger partial charge is 0.326 e. The van der Waals surface area contributed by atoms with Gasteiger partial charge in [0.1, 0.15) is 11.8 Å². The van der Waals surface area contributed by atoms with Crippen LogP contribution in [0.25, 0.3) is 39.3 Å². The molecule has 5 N–H and O–H groups in total. The van der Waals surface area contributed by atoms with Crippen LogP contribution in [0, 0.1) is 0 Å². The van der Waals surface area contributed by atoms with Crippen molar-refractivity contribution >= 4 is 39.8 Å². The SMILES string of the molecule is COc1ccc(/C=C/C(=O)N[C@H](Cc2c[nH]c3ccccc23)C(=O)O)c2cc(-c3ccc(O)c(O)c3)oc12. The fourth-order valence-electron chi connectivity index (χ4n) is 4.35. The molecule has 3 aromatic carbocycles. The van der Waals surface area contributed by atoms with Crippen LogP contribution >= 0.6 is 0 Å². The third-order valence-corrected chi connectivity index (χ3v) is 6.29. The summed E-state index contributed by atoms with van der Waals surface area (Å²) in [6.45, 7) is 0. The van der Waals surface area contributed by atoms with Gasteiger partial charge < -0.3 is 34.8 Å². The molecule has 0 saturated heterocycles. The topological polar surface area (TPSA) is 145 Å². The minimum Gasteiger partial charge on any atom is -0.504 e. The lowest BCUT2D eigenvalue weighted by Gasteiger charge is -2.13. The Morgan fingerprint density at radius 3 is 2.63 bits per heavy atom. The fourth-order valence-corrected chi connectivity index (χ4v) is 4.35. The number of ether oxygens (including phenoxy) is 1. The summed E-state index contributed by atoms with van der Waals surface area (Å²) in [5.41, 5.74) is 3.29. The number of rotatable bonds is 8. The van der Waals surface area contributed by atoms with Crippen LogP contribution in [0.4, 0.5) is 0 Å². The summed E-state index contributed by atoms with van der Waals surface area (Å²) in [5.74, 6) is -1.34. The number of nitrogens with one attached hydrogen (secondary N) is 2. The molecule has 0 saturated carbocycles. The predicted molar refractivity (Wildman–Crippen MR) is 142 cm³/mol. The molecule has 0 fully saturated rings. The van der Waals surface area contributed by atoms with Crippen LogP contribution in [0.15, 0.2) is 77.4 Å². The molecule has 1 amide bonds. The van der Waals surface area contributed by atoms with Crippen molar-refractivity contribution in [3.63, 3.8) is 0 Å². The summed E-state index contributed by atoms with van der Waals surface area (Å²) in [5, 5.41) is 33.3. The number of aromatic amines is 1. The van der Waals surface area contributed by atoms with Crippen molar-refractivity contribution in [2.45, 2.75) is 12.5 Å². The first-order valence-corrected chi connectivity index (χ1v) is 11.7. The van der Waals surface area contributed by atoms with E-state index in [9.17, 15) is 24.9 Å². The number of furan rings is 1. The molecule has 0 radical (unpaired) electrons. The Balaban J connectivity index is 1.39. The van der Waals surface area contributed by atoms with E-state index in [4.69, 9.17) is 9.15 Å². The van der Waals surface area contributed by atoms with Gasteiger partial charge in [0.05, 0.1) is 7.11 Å². The summed E-state index contributed by atoms with van der Waals surface area (Å²) in [7, 11) is 1.51. The first-order chi connectivity index (χ1) is 18.3. The molecule has 5 aromatic rings. The number of carbonyl (C=O) groups excluding carboxylic acids is 1. The van der Waals surface area contributed by atoms with Crippen molar-refractivity contribution in [1.82, 2.24) is 10.3 Å². The lowest BCUT2D eigenvalue weighted by molar-refractivity contribution is -0.141. The number of fused-ring (bicyclic) bond motifs is 2. The molecule has 2 aromatic heterocycles. The van der Waals surface area contributed by atoms with E-state index >= 15 is 0 Å². The van der Waals surface area contributed by atoms with Gasteiger partial charge in [0.2, 0.25) is 5.91 Å². The number of benzene rings is 3. The molecule has 0 spiro atoms. The number of carboxylic acid groups (broad SMARTS) is 1. The number of hydrogen-bond donors (Lipinski definition) is 5. The van der Waals surface area contributed by atoms with Crippen LogP contribution in [0.1, 0.15) is 11.1 Å². The minimum absolute atomic E-state index is 0.121. The number of phenolic OH excluding ortho intramolecular Hbond substituents is 2. The summed E-state index contributed by atoms with van der Waals surface area (Å²) >= 11 is 0. The van der Waals surface area contributed by atoms with Crippen LogP contribution in [0.3, 0.4) is 0 Å². The molecule has 5 rings (SSSR count). The Morgan fingerprint density at radius 2 is 1.87 bits per heavy atom. The number of aromatic nitrogens is 1. The van der Waals surface area contributed by atoms with Gasteiger partial charge in [0, 0.05) is 40.5 Å². The number of H-pyrrole nitrogens is 1. The van der Waals surface area contributed by atoms with Crippen LogP contribution in [-0.2, 0) is 16.0 Å². The highest BCUT2D eigenvalue weighted by Gasteiger charge is 2.21. The van der Waals surface area contributed by atoms with Crippen LogP contribution in [0.2, 0.25) is 0 Å². The minimum atomic E-state index is -1.14. The molecular formula is C29H24N2O7. The zero-order valence-corrected chi connectivity index (χ0v) is 20.3. The molecule has 0 bridgehead atoms. The van der Waals surface area contributed by atoms with E-state index in [-0.39, 0.29) is 17.9 Å². The maximum absolute atomic E-state index is 12.7. The molecule has 9 heteroatoms. The second-order valence-electron chi connectivity index (χ2n) is 8.71. The number of phenols is 2. The second-order valence-corrected chi connectivity index (χ2v) is 8.71. The van der Waals surface area contributed by atoms with E-state index < -0.39 is 17.9 Å². The molecule has 9 nitrogen and oxygen atoms in total. The lowest BCUT2D eigenvalue weighted by atomic mass is 10.0. The van der Waals surface area contributed by atoms with E-state index in [1.807, 2.05) is 24.3 Å². The van der Waals surface area contributed by atoms with Gasteiger partial charge >= 0.3 is 5.97 Å². The predicted octanol–water partition coefficient (Wildman–Crippen LogP) is 4.83. The van der Waals surface area contributed by atoms with Gasteiger partial charge in [-0.3, -0.25) is 4.79 Å². The maximum atomic E-state index is 12.7. The van der Waals surface area contributed by atoms with Crippen molar-refractivity contribution in [1.29, 1.82) is 0 Å². The van der Waals surface area contributed by atoms with E-state index in [1.54, 1.807) is 36.5 Å². The molecule has 192 valence electrons. The standard InChI is InChI=1S/C29H24N2O7/c1-37-25-10-7-16(20-14-26(38-28(20)25)17-6-9-23(32)24(33)13-17)8-11-27(34)31-22(29(35)36)12-18-15-30-21-5-3-2-4-19(18)21/h2-11,13-15,22,30,32-33H,12H2,1H3,(H,31,34)(H,35,36)/b11-8+/t22-/m1/s1. The zero-order chi connectivity index (χ0) is 26.8. The molecule has 38 heavy (non-hydrogen) atoms. The number of amides is 1. The normalized spacial score (nSPS) is 12.2. The largest absolute Gasteiger partial charge is 0.504 e. The lowest BCUT2D eigenvalue weighted by Crippen LogP contribution is -2.41. The molecule has 0 aliphatic carbocycles. The van der Waals surface area contributed by atoms with E-state index in [0.29, 0.717) is 33.6 Å². The van der Waals surface area contributed by atoms with Gasteiger partial charge in [0.15, 0.2) is 22.8 Å². The Bertz CT molecular complexity index is 1700. The molecule has 0 unspecified atom stereocenters. The van der Waals surface area contributed by atoms with Gasteiger partial charge in [-0.05, 0) is 53.6 Å². The Labute approximate surface area is 216 Å². The van der Waals surface area contributed by atoms with Crippen molar-refractivity contribution in [2.24, 2.45) is 0 Å². The number of hydrogen-bond acceptors (Lipinski definition) is 6. The third kappa shape index (κ3) is 4.77. The molecule has 0 aliphatic rings. The van der Waals surface area contributed by atoms with E-state index in [1.165, 1.54) is 25.3 Å². The highest BCUT2D eigenvalue weighted by atomic mass is 16.5. The summed E-state index contributed by atoms with van der Waals surface area (Å²) in [4.78, 5) is 27.7. The number of carbonyl (C=O) groups is 2. The Morgan fingerprint density at radius 1 is 1.05 bits per heavy atom. The number of para-hydroxylation sites is 1. The second kappa shape index (κ2) is 10.1. The number of aliphatic carboxylic acids is 1. The Hall–Kier alpha value is -5.18. The van der Waals surface area contributed by atoms with Gasteiger partial charge in [-0.25, -0.2) is 4.79 Å². The summed E-state index contributed by atoms with van der Waals surface area (Å²) in [6.07, 6.45) is 4.71. The number of aromatic hydroxyl groups is 2. The molecule has 1 atom stereocenters. The van der Waals surface area contributed by atoms with Gasteiger partial charge in [-0.15, -0.1) is 0 Å². The van der Waals surface area contributed by atoms with Crippen LogP contribution in [0.5, 0.6) is 17.2 Å². The number of methoxy groups -OCH3 is 1. The maximum Gasteiger partial charge on any atom is 0.326 e. The summed E-state index contributed by atoms with van der Waals surface area (Å²) < 4.78 is 11.4. The highest BCUT2D eigenvalue weighted by molar-refractivity contribution is 5.99. The van der Waals surface area contributed by atoms with Gasteiger partial charge in [-0.2, -0.15) is 0 Å². The van der Waals surface area contributed by atoms with Gasteiger partial charge in [-0.1, -0.05) is 24.3 Å². The van der Waals surface area contributed by atoms with Crippen LogP contribution < -0.4 is 10.1 Å². The van der Waals surface area contributed by atoms with Crippen molar-refractivity contribution < 1.29 is 34.1 Å². The fraction of sp³-hybridized carbons (Fsp3) is 0.103. The highest BCUT2D eigenvalue weighted by Crippen LogP contribution is 2.38. The molecular weight excluding hydrogens is 488 g/mol. The van der Waals surface area contributed by atoms with E-state index in [2.05, 4.69) is 10.3 Å². The van der Waals surface area contributed by atoms with Gasteiger partial charge in [0.25, 0.3) is 0 Å². The monoisotopic (exact) mass is 512 g/mol. The molecule has 0 aliphatic heterocycles. The average molecular weight is 513 g/mol. The Kier molecular flexibility index (Phi) is 6.49. The first kappa shape index (κ1) is 24.5. The summed E-state index contributed by atoms with van der Waals surface area (Å²) in [6, 6.07) is 15.9. The average Bonchev–Trinajstić information content (AvgIpc) is 3.53.